The van der Waals surface area contributed by atoms with Gasteiger partial charge < -0.3 is 10.0 Å². The fourth-order valence-corrected chi connectivity index (χ4v) is 4.70. The third-order valence-electron chi connectivity index (χ3n) is 6.04. The Bertz CT molecular complexity index is 1090. The Morgan fingerprint density at radius 3 is 2.38 bits per heavy atom. The average molecular weight is 446 g/mol. The van der Waals surface area contributed by atoms with Gasteiger partial charge in [-0.2, -0.15) is 13.2 Å². The number of alkyl halides is 3. The molecule has 0 aliphatic carbocycles. The van der Waals surface area contributed by atoms with Crippen LogP contribution in [0.1, 0.15) is 12.0 Å². The molecule has 1 spiro atoms. The first-order valence-electron chi connectivity index (χ1n) is 10.4. The van der Waals surface area contributed by atoms with Gasteiger partial charge in [0.15, 0.2) is 0 Å². The zero-order chi connectivity index (χ0) is 22.9. The van der Waals surface area contributed by atoms with Gasteiger partial charge in [0.05, 0.1) is 11.0 Å². The molecule has 0 atom stereocenters. The fourth-order valence-electron chi connectivity index (χ4n) is 4.70. The molecule has 3 heterocycles. The molecule has 2 aromatic carbocycles. The first kappa shape index (κ1) is 22.3. The van der Waals surface area contributed by atoms with Crippen molar-refractivity contribution < 1.29 is 23.1 Å². The van der Waals surface area contributed by atoms with E-state index >= 15 is 0 Å². The number of aliphatic carboxylic acids is 1. The molecule has 1 aromatic heterocycles. The number of rotatable bonds is 3. The van der Waals surface area contributed by atoms with Crippen LogP contribution >= 0.6 is 0 Å². The summed E-state index contributed by atoms with van der Waals surface area (Å²) in [4.78, 5) is 18.4. The number of likely N-dealkylation sites (tertiary alicyclic amines) is 2. The van der Waals surface area contributed by atoms with Crippen molar-refractivity contribution in [3.63, 3.8) is 0 Å². The molecule has 0 unspecified atom stereocenters. The van der Waals surface area contributed by atoms with Crippen molar-refractivity contribution in [2.45, 2.75) is 19.1 Å². The number of aromatic nitrogens is 2. The van der Waals surface area contributed by atoms with Crippen LogP contribution in [0, 0.1) is 5.41 Å². The maximum atomic E-state index is 10.6. The molecule has 2 aliphatic rings. The number of fused-ring (bicyclic) bond motifs is 1. The summed E-state index contributed by atoms with van der Waals surface area (Å²) < 4.78 is 33.9. The Morgan fingerprint density at radius 1 is 1.09 bits per heavy atom. The maximum absolute atomic E-state index is 10.6. The van der Waals surface area contributed by atoms with Crippen molar-refractivity contribution in [3.8, 4) is 5.69 Å². The van der Waals surface area contributed by atoms with Gasteiger partial charge in [0.1, 0.15) is 6.33 Å². The molecule has 2 aliphatic heterocycles. The number of para-hydroxylation sites is 2. The van der Waals surface area contributed by atoms with E-state index in [0.717, 1.165) is 17.6 Å². The summed E-state index contributed by atoms with van der Waals surface area (Å²) >= 11 is 0. The highest BCUT2D eigenvalue weighted by atomic mass is 19.4. The lowest BCUT2D eigenvalue weighted by molar-refractivity contribution is -0.192. The van der Waals surface area contributed by atoms with Crippen LogP contribution in [0.25, 0.3) is 16.7 Å². The lowest BCUT2D eigenvalue weighted by atomic mass is 9.79. The first-order valence-corrected chi connectivity index (χ1v) is 10.4. The third-order valence-corrected chi connectivity index (χ3v) is 6.04. The molecular weight excluding hydrogens is 421 g/mol. The summed E-state index contributed by atoms with van der Waals surface area (Å²) in [6.45, 7) is 6.11. The Morgan fingerprint density at radius 2 is 1.75 bits per heavy atom. The molecule has 5 rings (SSSR count). The van der Waals surface area contributed by atoms with Crippen LogP contribution in [0.2, 0.25) is 0 Å². The van der Waals surface area contributed by atoms with Crippen LogP contribution in [0.15, 0.2) is 54.9 Å². The second-order valence-electron chi connectivity index (χ2n) is 8.71. The summed E-state index contributed by atoms with van der Waals surface area (Å²) in [6, 6.07) is 17.2. The van der Waals surface area contributed by atoms with E-state index in [-0.39, 0.29) is 0 Å². The van der Waals surface area contributed by atoms with Gasteiger partial charge in [0, 0.05) is 37.3 Å². The van der Waals surface area contributed by atoms with Crippen LogP contribution < -0.4 is 0 Å². The topological polar surface area (TPSA) is 61.6 Å². The van der Waals surface area contributed by atoms with Crippen LogP contribution in [0.5, 0.6) is 0 Å². The number of carboxylic acid groups (broad SMARTS) is 1. The van der Waals surface area contributed by atoms with E-state index in [0.29, 0.717) is 5.41 Å². The number of halogens is 3. The molecule has 9 heteroatoms. The van der Waals surface area contributed by atoms with E-state index < -0.39 is 12.1 Å². The van der Waals surface area contributed by atoms with Gasteiger partial charge in [0.2, 0.25) is 0 Å². The molecule has 0 radical (unpaired) electrons. The number of hydrogen-bond donors (Lipinski definition) is 1. The van der Waals surface area contributed by atoms with Gasteiger partial charge in [-0.1, -0.05) is 24.3 Å². The smallest absolute Gasteiger partial charge is 0.475 e. The number of imidazole rings is 1. The summed E-state index contributed by atoms with van der Waals surface area (Å²) in [5.74, 6) is -2.76. The van der Waals surface area contributed by atoms with E-state index in [4.69, 9.17) is 9.90 Å². The summed E-state index contributed by atoms with van der Waals surface area (Å²) in [6.07, 6.45) is -1.81. The number of hydrogen-bond acceptors (Lipinski definition) is 4. The Kier molecular flexibility index (Phi) is 5.96. The highest BCUT2D eigenvalue weighted by Crippen LogP contribution is 2.39. The van der Waals surface area contributed by atoms with Gasteiger partial charge in [-0.15, -0.1) is 0 Å². The molecule has 0 bridgehead atoms. The van der Waals surface area contributed by atoms with E-state index in [2.05, 4.69) is 68.9 Å². The average Bonchev–Trinajstić information content (AvgIpc) is 3.33. The molecule has 2 saturated heterocycles. The van der Waals surface area contributed by atoms with Crippen LogP contribution in [0.3, 0.4) is 0 Å². The van der Waals surface area contributed by atoms with Gasteiger partial charge in [-0.25, -0.2) is 9.78 Å². The second-order valence-corrected chi connectivity index (χ2v) is 8.71. The monoisotopic (exact) mass is 446 g/mol. The molecular formula is C23H25F3N4O2. The normalized spacial score (nSPS) is 18.4. The summed E-state index contributed by atoms with van der Waals surface area (Å²) in [7, 11) is 2.23. The van der Waals surface area contributed by atoms with Crippen molar-refractivity contribution in [2.75, 3.05) is 33.2 Å². The third kappa shape index (κ3) is 4.78. The highest BCUT2D eigenvalue weighted by molar-refractivity contribution is 5.77. The molecule has 0 saturated carbocycles. The van der Waals surface area contributed by atoms with Crippen LogP contribution in [-0.2, 0) is 11.3 Å². The highest BCUT2D eigenvalue weighted by Gasteiger charge is 2.45. The zero-order valence-electron chi connectivity index (χ0n) is 17.7. The summed E-state index contributed by atoms with van der Waals surface area (Å²) in [5.41, 5.74) is 5.36. The van der Waals surface area contributed by atoms with Crippen molar-refractivity contribution in [1.29, 1.82) is 0 Å². The van der Waals surface area contributed by atoms with Crippen molar-refractivity contribution in [1.82, 2.24) is 19.4 Å². The number of carboxylic acids is 1. The fraction of sp³-hybridized carbons (Fsp3) is 0.391. The Labute approximate surface area is 183 Å². The minimum atomic E-state index is -5.08. The number of carbonyl (C=O) groups is 1. The van der Waals surface area contributed by atoms with E-state index in [1.165, 1.54) is 43.9 Å². The number of nitrogens with zero attached hydrogens (tertiary/aromatic N) is 4. The minimum absolute atomic E-state index is 0.588. The SMILES string of the molecule is CN1CC2(CCN(Cc3ccc(-n4cnc5ccccc54)cc3)C2)C1.O=C(O)C(F)(F)F. The zero-order valence-corrected chi connectivity index (χ0v) is 17.7. The van der Waals surface area contributed by atoms with E-state index in [9.17, 15) is 13.2 Å². The largest absolute Gasteiger partial charge is 0.490 e. The lowest BCUT2D eigenvalue weighted by Gasteiger charge is -2.46. The molecule has 1 N–H and O–H groups in total. The van der Waals surface area contributed by atoms with Crippen molar-refractivity contribution >= 4 is 17.0 Å². The Balaban J connectivity index is 0.000000307. The lowest BCUT2D eigenvalue weighted by Crippen LogP contribution is -2.55. The predicted molar refractivity (Wildman–Crippen MR) is 115 cm³/mol. The maximum Gasteiger partial charge on any atom is 0.490 e. The van der Waals surface area contributed by atoms with Crippen LogP contribution in [0.4, 0.5) is 13.2 Å². The molecule has 3 aromatic rings. The van der Waals surface area contributed by atoms with Crippen LogP contribution in [-0.4, -0.2) is 69.8 Å². The van der Waals surface area contributed by atoms with E-state index in [1.54, 1.807) is 0 Å². The second kappa shape index (κ2) is 8.55. The van der Waals surface area contributed by atoms with Gasteiger partial charge in [-0.3, -0.25) is 9.47 Å². The number of benzene rings is 2. The predicted octanol–water partition coefficient (Wildman–Crippen LogP) is 3.80. The standard InChI is InChI=1S/C21H24N4.C2HF3O2/c1-23-13-21(14-23)10-11-24(15-21)12-17-6-8-18(9-7-17)25-16-22-19-4-2-3-5-20(19)25;3-2(4,5)1(6)7/h2-9,16H,10-15H2,1H3;(H,6,7). The van der Waals surface area contributed by atoms with Gasteiger partial charge in [-0.05, 0) is 49.8 Å². The first-order chi connectivity index (χ1) is 15.2. The molecule has 32 heavy (non-hydrogen) atoms. The quantitative estimate of drug-likeness (QED) is 0.663. The molecule has 170 valence electrons. The van der Waals surface area contributed by atoms with E-state index in [1.807, 2.05) is 12.4 Å². The van der Waals surface area contributed by atoms with Crippen molar-refractivity contribution in [3.05, 3.63) is 60.4 Å². The van der Waals surface area contributed by atoms with Gasteiger partial charge in [0.25, 0.3) is 0 Å². The van der Waals surface area contributed by atoms with Gasteiger partial charge >= 0.3 is 12.1 Å². The molecule has 0 amide bonds. The minimum Gasteiger partial charge on any atom is -0.475 e. The molecule has 2 fully saturated rings. The van der Waals surface area contributed by atoms with Crippen molar-refractivity contribution in [2.24, 2.45) is 5.41 Å². The summed E-state index contributed by atoms with van der Waals surface area (Å²) in [5, 5.41) is 7.12. The molecule has 6 nitrogen and oxygen atoms in total. The Hall–Kier alpha value is -2.91.